The van der Waals surface area contributed by atoms with Crippen LogP contribution in [-0.4, -0.2) is 15.5 Å². The molecule has 0 saturated carbocycles. The molecule has 82 valence electrons. The van der Waals surface area contributed by atoms with Gasteiger partial charge < -0.3 is 4.74 Å². The second-order valence-corrected chi connectivity index (χ2v) is 5.15. The molecule has 0 heterocycles. The second kappa shape index (κ2) is 4.63. The Hall–Kier alpha value is -1.07. The quantitative estimate of drug-likeness (QED) is 0.774. The molecule has 0 aliphatic carbocycles. The molecule has 6 heteroatoms. The molecule has 0 aliphatic heterocycles. The van der Waals surface area contributed by atoms with Crippen LogP contribution in [-0.2, 0) is 9.05 Å². The third kappa shape index (κ3) is 3.53. The minimum absolute atomic E-state index is 0.0456. The van der Waals surface area contributed by atoms with Gasteiger partial charge >= 0.3 is 0 Å². The fraction of sp³-hybridized carbons (Fsp3) is 0.111. The SMILES string of the molecule is COc1cccc(F)c1/C=C/S(=O)(=O)Cl. The van der Waals surface area contributed by atoms with Gasteiger partial charge in [0.05, 0.1) is 12.7 Å². The smallest absolute Gasteiger partial charge is 0.254 e. The van der Waals surface area contributed by atoms with Crippen LogP contribution in [0.3, 0.4) is 0 Å². The molecule has 0 saturated heterocycles. The topological polar surface area (TPSA) is 43.4 Å². The van der Waals surface area contributed by atoms with Gasteiger partial charge in [-0.2, -0.15) is 0 Å². The maximum atomic E-state index is 13.2. The summed E-state index contributed by atoms with van der Waals surface area (Å²) in [6.45, 7) is 0. The largest absolute Gasteiger partial charge is 0.496 e. The predicted molar refractivity (Wildman–Crippen MR) is 56.8 cm³/mol. The van der Waals surface area contributed by atoms with Crippen LogP contribution in [0.1, 0.15) is 5.56 Å². The molecule has 1 aromatic rings. The van der Waals surface area contributed by atoms with E-state index in [0.29, 0.717) is 5.41 Å². The minimum atomic E-state index is -3.79. The lowest BCUT2D eigenvalue weighted by atomic mass is 10.2. The number of halogens is 2. The van der Waals surface area contributed by atoms with E-state index in [9.17, 15) is 12.8 Å². The number of ether oxygens (including phenoxy) is 1. The summed E-state index contributed by atoms with van der Waals surface area (Å²) in [5.74, 6) is -0.336. The highest BCUT2D eigenvalue weighted by Crippen LogP contribution is 2.23. The monoisotopic (exact) mass is 250 g/mol. The maximum Gasteiger partial charge on any atom is 0.254 e. The van der Waals surface area contributed by atoms with Crippen molar-refractivity contribution in [2.75, 3.05) is 7.11 Å². The third-order valence-electron chi connectivity index (χ3n) is 1.63. The highest BCUT2D eigenvalue weighted by Gasteiger charge is 2.06. The molecule has 15 heavy (non-hydrogen) atoms. The van der Waals surface area contributed by atoms with Gasteiger partial charge in [0.1, 0.15) is 11.6 Å². The van der Waals surface area contributed by atoms with E-state index in [1.165, 1.54) is 25.3 Å². The van der Waals surface area contributed by atoms with Crippen LogP contribution < -0.4 is 4.74 Å². The molecule has 0 aliphatic rings. The second-order valence-electron chi connectivity index (χ2n) is 2.63. The first-order valence-corrected chi connectivity index (χ1v) is 6.26. The third-order valence-corrected chi connectivity index (χ3v) is 2.40. The molecule has 0 unspecified atom stereocenters. The lowest BCUT2D eigenvalue weighted by molar-refractivity contribution is 0.410. The normalized spacial score (nSPS) is 11.9. The Kier molecular flexibility index (Phi) is 3.71. The molecule has 0 N–H and O–H groups in total. The van der Waals surface area contributed by atoms with Crippen LogP contribution >= 0.6 is 10.7 Å². The Bertz CT molecular complexity index is 482. The Labute approximate surface area is 91.5 Å². The van der Waals surface area contributed by atoms with Gasteiger partial charge in [0, 0.05) is 16.1 Å². The summed E-state index contributed by atoms with van der Waals surface area (Å²) >= 11 is 0. The molecule has 3 nitrogen and oxygen atoms in total. The van der Waals surface area contributed by atoms with Crippen molar-refractivity contribution < 1.29 is 17.5 Å². The summed E-state index contributed by atoms with van der Waals surface area (Å²) in [6, 6.07) is 4.17. The van der Waals surface area contributed by atoms with E-state index in [1.54, 1.807) is 0 Å². The summed E-state index contributed by atoms with van der Waals surface area (Å²) in [7, 11) is 2.52. The zero-order chi connectivity index (χ0) is 11.5. The summed E-state index contributed by atoms with van der Waals surface area (Å²) in [5, 5.41) is 0.704. The summed E-state index contributed by atoms with van der Waals surface area (Å²) in [4.78, 5) is 0. The minimum Gasteiger partial charge on any atom is -0.496 e. The predicted octanol–water partition coefficient (Wildman–Crippen LogP) is 2.37. The number of hydrogen-bond acceptors (Lipinski definition) is 3. The molecule has 0 radical (unpaired) electrons. The molecule has 0 fully saturated rings. The Balaban J connectivity index is 3.19. The van der Waals surface area contributed by atoms with E-state index in [0.717, 1.165) is 6.08 Å². The Morgan fingerprint density at radius 3 is 2.67 bits per heavy atom. The van der Waals surface area contributed by atoms with E-state index in [2.05, 4.69) is 0 Å². The van der Waals surface area contributed by atoms with Gasteiger partial charge in [0.25, 0.3) is 9.05 Å². The van der Waals surface area contributed by atoms with Gasteiger partial charge in [-0.3, -0.25) is 0 Å². The van der Waals surface area contributed by atoms with E-state index < -0.39 is 14.9 Å². The van der Waals surface area contributed by atoms with E-state index in [-0.39, 0.29) is 11.3 Å². The van der Waals surface area contributed by atoms with Crippen molar-refractivity contribution in [1.82, 2.24) is 0 Å². The summed E-state index contributed by atoms with van der Waals surface area (Å²) in [5.41, 5.74) is 0.0456. The van der Waals surface area contributed by atoms with Crippen LogP contribution in [0, 0.1) is 5.82 Å². The van der Waals surface area contributed by atoms with Crippen LogP contribution in [0.15, 0.2) is 23.6 Å². The van der Waals surface area contributed by atoms with Crippen molar-refractivity contribution in [3.8, 4) is 5.75 Å². The van der Waals surface area contributed by atoms with Crippen LogP contribution in [0.25, 0.3) is 6.08 Å². The molecule has 0 bridgehead atoms. The van der Waals surface area contributed by atoms with Crippen LogP contribution in [0.2, 0.25) is 0 Å². The molecular weight excluding hydrogens is 243 g/mol. The van der Waals surface area contributed by atoms with E-state index in [1.807, 2.05) is 0 Å². The first kappa shape index (κ1) is 12.0. The van der Waals surface area contributed by atoms with Gasteiger partial charge in [-0.25, -0.2) is 12.8 Å². The highest BCUT2D eigenvalue weighted by molar-refractivity contribution is 8.16. The van der Waals surface area contributed by atoms with Gasteiger partial charge in [-0.1, -0.05) is 6.07 Å². The van der Waals surface area contributed by atoms with Gasteiger partial charge in [-0.15, -0.1) is 0 Å². The van der Waals surface area contributed by atoms with Crippen molar-refractivity contribution in [2.24, 2.45) is 0 Å². The van der Waals surface area contributed by atoms with Crippen LogP contribution in [0.4, 0.5) is 4.39 Å². The standard InChI is InChI=1S/C9H8ClFO3S/c1-14-9-4-2-3-8(11)7(9)5-6-15(10,12)13/h2-6H,1H3/b6-5+. The number of rotatable bonds is 3. The fourth-order valence-electron chi connectivity index (χ4n) is 1.01. The Morgan fingerprint density at radius 1 is 1.47 bits per heavy atom. The zero-order valence-electron chi connectivity index (χ0n) is 7.78. The zero-order valence-corrected chi connectivity index (χ0v) is 9.35. The molecular formula is C9H8ClFO3S. The first-order chi connectivity index (χ1) is 6.94. The molecule has 0 atom stereocenters. The number of hydrogen-bond donors (Lipinski definition) is 0. The lowest BCUT2D eigenvalue weighted by Crippen LogP contribution is -1.90. The molecule has 0 amide bonds. The average Bonchev–Trinajstić information content (AvgIpc) is 2.14. The van der Waals surface area contributed by atoms with Gasteiger partial charge in [0.2, 0.25) is 0 Å². The maximum absolute atomic E-state index is 13.2. The van der Waals surface area contributed by atoms with Crippen LogP contribution in [0.5, 0.6) is 5.75 Å². The van der Waals surface area contributed by atoms with Crippen molar-refractivity contribution in [3.05, 3.63) is 35.0 Å². The summed E-state index contributed by atoms with van der Waals surface area (Å²) in [6.07, 6.45) is 1.05. The summed E-state index contributed by atoms with van der Waals surface area (Å²) < 4.78 is 39.4. The Morgan fingerprint density at radius 2 is 2.13 bits per heavy atom. The van der Waals surface area contributed by atoms with Crippen molar-refractivity contribution >= 4 is 25.8 Å². The molecule has 1 aromatic carbocycles. The molecule has 0 spiro atoms. The van der Waals surface area contributed by atoms with E-state index in [4.69, 9.17) is 15.4 Å². The van der Waals surface area contributed by atoms with E-state index >= 15 is 0 Å². The van der Waals surface area contributed by atoms with Gasteiger partial charge in [-0.05, 0) is 18.2 Å². The number of benzene rings is 1. The molecule has 1 rings (SSSR count). The van der Waals surface area contributed by atoms with Crippen molar-refractivity contribution in [3.63, 3.8) is 0 Å². The highest BCUT2D eigenvalue weighted by atomic mass is 35.7. The first-order valence-electron chi connectivity index (χ1n) is 3.89. The fourth-order valence-corrected chi connectivity index (χ4v) is 1.46. The van der Waals surface area contributed by atoms with Crippen molar-refractivity contribution in [2.45, 2.75) is 0 Å². The lowest BCUT2D eigenvalue weighted by Gasteiger charge is -2.04. The average molecular weight is 251 g/mol. The number of methoxy groups -OCH3 is 1. The van der Waals surface area contributed by atoms with Gasteiger partial charge in [0.15, 0.2) is 0 Å². The van der Waals surface area contributed by atoms with Crippen molar-refractivity contribution in [1.29, 1.82) is 0 Å². The molecule has 0 aromatic heterocycles.